The van der Waals surface area contributed by atoms with E-state index in [4.69, 9.17) is 0 Å². The van der Waals surface area contributed by atoms with Crippen LogP contribution in [0.5, 0.6) is 0 Å². The largest absolute Gasteiger partial charge is 0.349 e. The maximum Gasteiger partial charge on any atom is 0.317 e. The molecular weight excluding hydrogens is 230 g/mol. The Bertz CT molecular complexity index is 265. The number of rotatable bonds is 3. The van der Waals surface area contributed by atoms with E-state index in [1.54, 1.807) is 38.0 Å². The minimum atomic E-state index is -0.0252. The van der Waals surface area contributed by atoms with E-state index in [9.17, 15) is 9.59 Å². The summed E-state index contributed by atoms with van der Waals surface area (Å²) in [6, 6.07) is 0.244. The van der Waals surface area contributed by atoms with E-state index in [0.717, 1.165) is 25.7 Å². The van der Waals surface area contributed by atoms with Crippen LogP contribution in [0.15, 0.2) is 0 Å². The fourth-order valence-corrected chi connectivity index (χ4v) is 2.24. The quantitative estimate of drug-likeness (QED) is 0.826. The molecule has 0 radical (unpaired) electrons. The van der Waals surface area contributed by atoms with Crippen molar-refractivity contribution in [3.63, 3.8) is 0 Å². The minimum Gasteiger partial charge on any atom is -0.349 e. The van der Waals surface area contributed by atoms with Gasteiger partial charge in [-0.05, 0) is 31.6 Å². The van der Waals surface area contributed by atoms with Gasteiger partial charge in [-0.3, -0.25) is 4.79 Å². The van der Waals surface area contributed by atoms with Crippen LogP contribution in [0.3, 0.4) is 0 Å². The molecule has 1 saturated carbocycles. The molecule has 1 aliphatic rings. The van der Waals surface area contributed by atoms with Gasteiger partial charge in [0.2, 0.25) is 5.91 Å². The molecule has 5 nitrogen and oxygen atoms in total. The van der Waals surface area contributed by atoms with Crippen LogP contribution in [-0.4, -0.2) is 56.0 Å². The first kappa shape index (κ1) is 14.8. The van der Waals surface area contributed by atoms with Crippen LogP contribution in [-0.2, 0) is 4.79 Å². The second kappa shape index (κ2) is 6.61. The molecule has 0 atom stereocenters. The summed E-state index contributed by atoms with van der Waals surface area (Å²) in [5, 5.41) is 3.01. The number of amides is 3. The van der Waals surface area contributed by atoms with Gasteiger partial charge in [-0.25, -0.2) is 4.79 Å². The molecule has 0 saturated heterocycles. The van der Waals surface area contributed by atoms with Gasteiger partial charge in [0.05, 0.1) is 0 Å². The van der Waals surface area contributed by atoms with Crippen molar-refractivity contribution in [1.29, 1.82) is 0 Å². The molecule has 1 aliphatic carbocycles. The molecule has 0 heterocycles. The van der Waals surface area contributed by atoms with E-state index in [1.165, 1.54) is 0 Å². The summed E-state index contributed by atoms with van der Waals surface area (Å²) in [6.07, 6.45) is 4.65. The Kier molecular flexibility index (Phi) is 5.44. The molecule has 0 spiro atoms. The molecule has 0 bridgehead atoms. The molecule has 0 aromatic carbocycles. The smallest absolute Gasteiger partial charge is 0.317 e. The number of hydrogen-bond donors (Lipinski definition) is 1. The third kappa shape index (κ3) is 4.55. The number of hydrogen-bond acceptors (Lipinski definition) is 2. The average molecular weight is 255 g/mol. The average Bonchev–Trinajstić information content (AvgIpc) is 2.31. The molecule has 1 fully saturated rings. The minimum absolute atomic E-state index is 0.0252. The summed E-state index contributed by atoms with van der Waals surface area (Å²) in [6.45, 7) is 0. The number of nitrogens with zero attached hydrogens (tertiary/aromatic N) is 2. The second-order valence-corrected chi connectivity index (χ2v) is 5.55. The normalized spacial score (nSPS) is 23.3. The van der Waals surface area contributed by atoms with Gasteiger partial charge in [-0.1, -0.05) is 0 Å². The van der Waals surface area contributed by atoms with Gasteiger partial charge >= 0.3 is 6.03 Å². The van der Waals surface area contributed by atoms with Crippen molar-refractivity contribution < 1.29 is 9.59 Å². The van der Waals surface area contributed by atoms with Crippen LogP contribution in [0.25, 0.3) is 0 Å². The zero-order chi connectivity index (χ0) is 13.7. The first-order valence-electron chi connectivity index (χ1n) is 6.58. The topological polar surface area (TPSA) is 52.7 Å². The monoisotopic (exact) mass is 255 g/mol. The highest BCUT2D eigenvalue weighted by Gasteiger charge is 2.24. The highest BCUT2D eigenvalue weighted by Crippen LogP contribution is 2.27. The molecule has 0 aromatic heterocycles. The highest BCUT2D eigenvalue weighted by molar-refractivity contribution is 5.75. The second-order valence-electron chi connectivity index (χ2n) is 5.55. The van der Waals surface area contributed by atoms with Gasteiger partial charge < -0.3 is 15.1 Å². The summed E-state index contributed by atoms with van der Waals surface area (Å²) >= 11 is 0. The lowest BCUT2D eigenvalue weighted by Gasteiger charge is -2.30. The van der Waals surface area contributed by atoms with Gasteiger partial charge in [-0.15, -0.1) is 0 Å². The van der Waals surface area contributed by atoms with E-state index in [2.05, 4.69) is 5.32 Å². The maximum absolute atomic E-state index is 11.6. The molecule has 18 heavy (non-hydrogen) atoms. The Hall–Kier alpha value is -1.26. The van der Waals surface area contributed by atoms with Crippen molar-refractivity contribution in [3.05, 3.63) is 0 Å². The van der Waals surface area contributed by atoms with Crippen LogP contribution in [0.1, 0.15) is 32.1 Å². The van der Waals surface area contributed by atoms with E-state index < -0.39 is 0 Å². The number of carbonyl (C=O) groups is 2. The molecule has 1 N–H and O–H groups in total. The first-order chi connectivity index (χ1) is 8.40. The Balaban J connectivity index is 2.28. The first-order valence-corrected chi connectivity index (χ1v) is 6.58. The Morgan fingerprint density at radius 2 is 1.56 bits per heavy atom. The van der Waals surface area contributed by atoms with Gasteiger partial charge in [0.15, 0.2) is 0 Å². The fourth-order valence-electron chi connectivity index (χ4n) is 2.24. The van der Waals surface area contributed by atoms with Crippen molar-refractivity contribution in [2.75, 3.05) is 28.2 Å². The Labute approximate surface area is 110 Å². The zero-order valence-electron chi connectivity index (χ0n) is 11.9. The number of nitrogens with one attached hydrogen (secondary N) is 1. The predicted octanol–water partition coefficient (Wildman–Crippen LogP) is 1.29. The van der Waals surface area contributed by atoms with Gasteiger partial charge in [0, 0.05) is 40.7 Å². The van der Waals surface area contributed by atoms with Crippen molar-refractivity contribution in [2.45, 2.75) is 38.1 Å². The summed E-state index contributed by atoms with van der Waals surface area (Å²) in [5.41, 5.74) is 0. The maximum atomic E-state index is 11.6. The lowest BCUT2D eigenvalue weighted by molar-refractivity contribution is -0.129. The molecule has 3 amide bonds. The van der Waals surface area contributed by atoms with Crippen molar-refractivity contribution in [2.24, 2.45) is 5.92 Å². The predicted molar refractivity (Wildman–Crippen MR) is 71.3 cm³/mol. The molecule has 0 aliphatic heterocycles. The SMILES string of the molecule is CN(C)C(=O)CC1CCC(NC(=O)N(C)C)CC1. The van der Waals surface area contributed by atoms with Gasteiger partial charge in [0.1, 0.15) is 0 Å². The molecule has 5 heteroatoms. The van der Waals surface area contributed by atoms with Crippen LogP contribution >= 0.6 is 0 Å². The standard InChI is InChI=1S/C13H25N3O2/c1-15(2)12(17)9-10-5-7-11(8-6-10)14-13(18)16(3)4/h10-11H,5-9H2,1-4H3,(H,14,18). The van der Waals surface area contributed by atoms with Gasteiger partial charge in [0.25, 0.3) is 0 Å². The molecule has 1 rings (SSSR count). The van der Waals surface area contributed by atoms with Crippen LogP contribution in [0.2, 0.25) is 0 Å². The fraction of sp³-hybridized carbons (Fsp3) is 0.846. The molecular formula is C13H25N3O2. The third-order valence-corrected chi connectivity index (χ3v) is 3.54. The molecule has 0 aromatic rings. The van der Waals surface area contributed by atoms with Gasteiger partial charge in [-0.2, -0.15) is 0 Å². The Morgan fingerprint density at radius 1 is 1.00 bits per heavy atom. The lowest BCUT2D eigenvalue weighted by atomic mass is 9.84. The summed E-state index contributed by atoms with van der Waals surface area (Å²) in [7, 11) is 7.09. The van der Waals surface area contributed by atoms with E-state index in [0.29, 0.717) is 12.3 Å². The van der Waals surface area contributed by atoms with Crippen molar-refractivity contribution >= 4 is 11.9 Å². The summed E-state index contributed by atoms with van der Waals surface area (Å²) in [5.74, 6) is 0.684. The number of urea groups is 1. The van der Waals surface area contributed by atoms with Crippen LogP contribution in [0.4, 0.5) is 4.79 Å². The Morgan fingerprint density at radius 3 is 2.00 bits per heavy atom. The molecule has 104 valence electrons. The zero-order valence-corrected chi connectivity index (χ0v) is 11.9. The van der Waals surface area contributed by atoms with Crippen molar-refractivity contribution in [1.82, 2.24) is 15.1 Å². The van der Waals surface area contributed by atoms with Crippen molar-refractivity contribution in [3.8, 4) is 0 Å². The van der Waals surface area contributed by atoms with Crippen LogP contribution < -0.4 is 5.32 Å². The van der Waals surface area contributed by atoms with E-state index in [1.807, 2.05) is 0 Å². The summed E-state index contributed by atoms with van der Waals surface area (Å²) < 4.78 is 0. The highest BCUT2D eigenvalue weighted by atomic mass is 16.2. The molecule has 0 unspecified atom stereocenters. The number of carbonyl (C=O) groups excluding carboxylic acids is 2. The third-order valence-electron chi connectivity index (χ3n) is 3.54. The lowest BCUT2D eigenvalue weighted by Crippen LogP contribution is -2.43. The van der Waals surface area contributed by atoms with Crippen LogP contribution in [0, 0.1) is 5.92 Å². The van der Waals surface area contributed by atoms with E-state index >= 15 is 0 Å². The summed E-state index contributed by atoms with van der Waals surface area (Å²) in [4.78, 5) is 26.3. The van der Waals surface area contributed by atoms with E-state index in [-0.39, 0.29) is 18.0 Å².